The van der Waals surface area contributed by atoms with Gasteiger partial charge in [0.2, 0.25) is 0 Å². The molecule has 3 nitrogen and oxygen atoms in total. The lowest BCUT2D eigenvalue weighted by Crippen LogP contribution is -2.11. The van der Waals surface area contributed by atoms with Crippen LogP contribution in [0.3, 0.4) is 0 Å². The molecular weight excluding hydrogens is 243 g/mol. The Bertz CT molecular complexity index is 638. The van der Waals surface area contributed by atoms with Crippen molar-refractivity contribution in [3.63, 3.8) is 0 Å². The Labute approximate surface area is 111 Å². The molecule has 0 aliphatic carbocycles. The second-order valence-electron chi connectivity index (χ2n) is 4.77. The second kappa shape index (κ2) is 5.34. The molecule has 0 unspecified atom stereocenters. The van der Waals surface area contributed by atoms with Gasteiger partial charge < -0.3 is 4.98 Å². The van der Waals surface area contributed by atoms with E-state index in [9.17, 15) is 9.18 Å². The zero-order chi connectivity index (χ0) is 14.0. The Kier molecular flexibility index (Phi) is 3.79. The number of benzene rings is 1. The molecule has 2 aromatic rings. The van der Waals surface area contributed by atoms with Crippen molar-refractivity contribution in [3.05, 3.63) is 51.3 Å². The summed E-state index contributed by atoms with van der Waals surface area (Å²) < 4.78 is 14.1. The van der Waals surface area contributed by atoms with Crippen molar-refractivity contribution in [2.45, 2.75) is 33.6 Å². The minimum atomic E-state index is -0.335. The maximum absolute atomic E-state index is 14.1. The first-order chi connectivity index (χ1) is 9.01. The van der Waals surface area contributed by atoms with Crippen LogP contribution in [-0.2, 0) is 6.42 Å². The summed E-state index contributed by atoms with van der Waals surface area (Å²) in [5, 5.41) is 0. The molecule has 1 heterocycles. The molecule has 0 saturated heterocycles. The maximum atomic E-state index is 14.1. The lowest BCUT2D eigenvalue weighted by molar-refractivity contribution is 0.628. The highest BCUT2D eigenvalue weighted by molar-refractivity contribution is 5.64. The van der Waals surface area contributed by atoms with Gasteiger partial charge in [-0.2, -0.15) is 0 Å². The molecule has 2 rings (SSSR count). The number of aryl methyl sites for hydroxylation is 3. The van der Waals surface area contributed by atoms with E-state index in [4.69, 9.17) is 0 Å². The van der Waals surface area contributed by atoms with E-state index in [1.165, 1.54) is 12.1 Å². The van der Waals surface area contributed by atoms with Crippen molar-refractivity contribution >= 4 is 0 Å². The standard InChI is InChI=1S/C15H17FN2O/c1-4-5-13-17-12(8-14(19)18-13)15-10(3)6-9(2)7-11(15)16/h6-8H,4-5H2,1-3H3,(H,17,18,19). The van der Waals surface area contributed by atoms with Gasteiger partial charge in [-0.25, -0.2) is 9.37 Å². The Morgan fingerprint density at radius 2 is 2.00 bits per heavy atom. The van der Waals surface area contributed by atoms with E-state index in [1.54, 1.807) is 0 Å². The summed E-state index contributed by atoms with van der Waals surface area (Å²) in [4.78, 5) is 18.7. The van der Waals surface area contributed by atoms with Crippen LogP contribution in [0.2, 0.25) is 0 Å². The zero-order valence-corrected chi connectivity index (χ0v) is 11.4. The third kappa shape index (κ3) is 2.89. The van der Waals surface area contributed by atoms with Crippen molar-refractivity contribution in [2.75, 3.05) is 0 Å². The Balaban J connectivity index is 2.62. The summed E-state index contributed by atoms with van der Waals surface area (Å²) in [6.45, 7) is 5.67. The predicted molar refractivity (Wildman–Crippen MR) is 73.7 cm³/mol. The van der Waals surface area contributed by atoms with Crippen LogP contribution in [0.1, 0.15) is 30.3 Å². The molecule has 0 aliphatic rings. The number of hydrogen-bond donors (Lipinski definition) is 1. The van der Waals surface area contributed by atoms with Gasteiger partial charge in [0.1, 0.15) is 11.6 Å². The van der Waals surface area contributed by atoms with Crippen LogP contribution in [-0.4, -0.2) is 9.97 Å². The number of H-pyrrole nitrogens is 1. The average molecular weight is 260 g/mol. The topological polar surface area (TPSA) is 45.8 Å². The molecule has 19 heavy (non-hydrogen) atoms. The van der Waals surface area contributed by atoms with Gasteiger partial charge in [0.05, 0.1) is 5.69 Å². The van der Waals surface area contributed by atoms with E-state index in [0.29, 0.717) is 23.5 Å². The number of rotatable bonds is 3. The third-order valence-corrected chi connectivity index (χ3v) is 2.97. The normalized spacial score (nSPS) is 10.7. The van der Waals surface area contributed by atoms with Crippen molar-refractivity contribution in [2.24, 2.45) is 0 Å². The van der Waals surface area contributed by atoms with Gasteiger partial charge in [-0.1, -0.05) is 13.0 Å². The molecule has 0 amide bonds. The lowest BCUT2D eigenvalue weighted by atomic mass is 10.0. The van der Waals surface area contributed by atoms with Crippen LogP contribution < -0.4 is 5.56 Å². The molecule has 1 aromatic heterocycles. The van der Waals surface area contributed by atoms with Crippen LogP contribution in [0.5, 0.6) is 0 Å². The fraction of sp³-hybridized carbons (Fsp3) is 0.333. The summed E-state index contributed by atoms with van der Waals surface area (Å²) in [6, 6.07) is 4.70. The van der Waals surface area contributed by atoms with Gasteiger partial charge in [0, 0.05) is 18.1 Å². The number of aromatic amines is 1. The molecule has 1 aromatic carbocycles. The Morgan fingerprint density at radius 3 is 2.63 bits per heavy atom. The smallest absolute Gasteiger partial charge is 0.251 e. The number of hydrogen-bond acceptors (Lipinski definition) is 2. The molecule has 4 heteroatoms. The number of nitrogens with zero attached hydrogens (tertiary/aromatic N) is 1. The zero-order valence-electron chi connectivity index (χ0n) is 11.4. The van der Waals surface area contributed by atoms with Gasteiger partial charge in [-0.3, -0.25) is 4.79 Å². The van der Waals surface area contributed by atoms with E-state index in [-0.39, 0.29) is 11.4 Å². The molecule has 100 valence electrons. The van der Waals surface area contributed by atoms with Crippen LogP contribution in [0.4, 0.5) is 4.39 Å². The van der Waals surface area contributed by atoms with Crippen molar-refractivity contribution in [1.82, 2.24) is 9.97 Å². The van der Waals surface area contributed by atoms with Gasteiger partial charge >= 0.3 is 0 Å². The first-order valence-electron chi connectivity index (χ1n) is 6.38. The summed E-state index contributed by atoms with van der Waals surface area (Å²) in [6.07, 6.45) is 1.55. The van der Waals surface area contributed by atoms with E-state index < -0.39 is 0 Å². The molecular formula is C15H17FN2O. The largest absolute Gasteiger partial charge is 0.311 e. The van der Waals surface area contributed by atoms with Crippen LogP contribution in [0, 0.1) is 19.7 Å². The third-order valence-electron chi connectivity index (χ3n) is 2.97. The highest BCUT2D eigenvalue weighted by Gasteiger charge is 2.12. The molecule has 0 spiro atoms. The van der Waals surface area contributed by atoms with E-state index >= 15 is 0 Å². The maximum Gasteiger partial charge on any atom is 0.251 e. The highest BCUT2D eigenvalue weighted by Crippen LogP contribution is 2.25. The van der Waals surface area contributed by atoms with E-state index in [2.05, 4.69) is 9.97 Å². The minimum absolute atomic E-state index is 0.243. The number of halogens is 1. The lowest BCUT2D eigenvalue weighted by Gasteiger charge is -2.09. The molecule has 0 fully saturated rings. The minimum Gasteiger partial charge on any atom is -0.311 e. The second-order valence-corrected chi connectivity index (χ2v) is 4.77. The molecule has 0 radical (unpaired) electrons. The van der Waals surface area contributed by atoms with Crippen molar-refractivity contribution < 1.29 is 4.39 Å². The quantitative estimate of drug-likeness (QED) is 0.921. The Hall–Kier alpha value is -1.97. The van der Waals surface area contributed by atoms with Crippen LogP contribution in [0.15, 0.2) is 23.0 Å². The Morgan fingerprint density at radius 1 is 1.26 bits per heavy atom. The average Bonchev–Trinajstić information content (AvgIpc) is 2.26. The molecule has 0 aliphatic heterocycles. The molecule has 0 saturated carbocycles. The summed E-state index contributed by atoms with van der Waals surface area (Å²) in [7, 11) is 0. The summed E-state index contributed by atoms with van der Waals surface area (Å²) in [5.41, 5.74) is 2.22. The fourth-order valence-corrected chi connectivity index (χ4v) is 2.23. The van der Waals surface area contributed by atoms with Gasteiger partial charge in [-0.15, -0.1) is 0 Å². The molecule has 0 atom stereocenters. The van der Waals surface area contributed by atoms with Gasteiger partial charge in [0.15, 0.2) is 0 Å². The monoisotopic (exact) mass is 260 g/mol. The van der Waals surface area contributed by atoms with Crippen LogP contribution >= 0.6 is 0 Å². The van der Waals surface area contributed by atoms with Crippen LogP contribution in [0.25, 0.3) is 11.3 Å². The summed E-state index contributed by atoms with van der Waals surface area (Å²) in [5.74, 6) is 0.266. The van der Waals surface area contributed by atoms with E-state index in [0.717, 1.165) is 17.5 Å². The SMILES string of the molecule is CCCc1nc(-c2c(C)cc(C)cc2F)cc(=O)[nH]1. The number of aromatic nitrogens is 2. The van der Waals surface area contributed by atoms with Crippen molar-refractivity contribution in [1.29, 1.82) is 0 Å². The predicted octanol–water partition coefficient (Wildman–Crippen LogP) is 3.15. The highest BCUT2D eigenvalue weighted by atomic mass is 19.1. The molecule has 0 bridgehead atoms. The van der Waals surface area contributed by atoms with Gasteiger partial charge in [0.25, 0.3) is 5.56 Å². The van der Waals surface area contributed by atoms with E-state index in [1.807, 2.05) is 26.8 Å². The first kappa shape index (κ1) is 13.5. The number of nitrogens with one attached hydrogen (secondary N) is 1. The van der Waals surface area contributed by atoms with Crippen molar-refractivity contribution in [3.8, 4) is 11.3 Å². The molecule has 1 N–H and O–H groups in total. The van der Waals surface area contributed by atoms with Gasteiger partial charge in [-0.05, 0) is 37.5 Å². The fourth-order valence-electron chi connectivity index (χ4n) is 2.23. The summed E-state index contributed by atoms with van der Waals surface area (Å²) >= 11 is 0. The first-order valence-corrected chi connectivity index (χ1v) is 6.38.